The van der Waals surface area contributed by atoms with E-state index in [9.17, 15) is 10.1 Å². The molecule has 1 aliphatic rings. The van der Waals surface area contributed by atoms with Crippen molar-refractivity contribution in [1.29, 1.82) is 0 Å². The minimum Gasteiger partial charge on any atom is -0.363 e. The number of hydrogen-bond acceptors (Lipinski definition) is 4. The fourth-order valence-corrected chi connectivity index (χ4v) is 3.03. The zero-order chi connectivity index (χ0) is 15.6. The summed E-state index contributed by atoms with van der Waals surface area (Å²) in [5.74, 6) is 0. The van der Waals surface area contributed by atoms with Crippen LogP contribution in [0.15, 0.2) is 18.2 Å². The summed E-state index contributed by atoms with van der Waals surface area (Å²) in [5.41, 5.74) is 2.02. The average Bonchev–Trinajstić information content (AvgIpc) is 2.45. The largest absolute Gasteiger partial charge is 0.363 e. The molecule has 0 aliphatic carbocycles. The molecule has 1 heterocycles. The summed E-state index contributed by atoms with van der Waals surface area (Å²) in [4.78, 5) is 15.6. The van der Waals surface area contributed by atoms with Gasteiger partial charge >= 0.3 is 0 Å². The number of alkyl halides is 1. The molecule has 1 aromatic rings. The Balaban J connectivity index is 2.18. The minimum absolute atomic E-state index is 0.151. The van der Waals surface area contributed by atoms with Crippen molar-refractivity contribution >= 4 is 27.3 Å². The van der Waals surface area contributed by atoms with Gasteiger partial charge in [-0.05, 0) is 32.4 Å². The van der Waals surface area contributed by atoms with E-state index in [1.165, 1.54) is 0 Å². The third-order valence-electron chi connectivity index (χ3n) is 3.96. The maximum atomic E-state index is 11.3. The molecule has 0 spiro atoms. The normalized spacial score (nSPS) is 17.0. The molecule has 116 valence electrons. The maximum Gasteiger partial charge on any atom is 0.292 e. The van der Waals surface area contributed by atoms with Crippen LogP contribution in [0.3, 0.4) is 0 Å². The number of benzene rings is 1. The highest BCUT2D eigenvalue weighted by Crippen LogP contribution is 2.31. The number of nitro benzene ring substituents is 1. The summed E-state index contributed by atoms with van der Waals surface area (Å²) in [6, 6.07) is 5.49. The molecule has 1 aromatic carbocycles. The molecule has 0 aromatic heterocycles. The van der Waals surface area contributed by atoms with Gasteiger partial charge in [0.1, 0.15) is 5.69 Å². The van der Waals surface area contributed by atoms with Gasteiger partial charge in [0.15, 0.2) is 0 Å². The molecule has 0 unspecified atom stereocenters. The monoisotopic (exact) mass is 355 g/mol. The Hall–Kier alpha value is -1.14. The van der Waals surface area contributed by atoms with Gasteiger partial charge in [-0.2, -0.15) is 0 Å². The lowest BCUT2D eigenvalue weighted by Crippen LogP contribution is -2.53. The van der Waals surface area contributed by atoms with Crippen molar-refractivity contribution < 1.29 is 4.92 Å². The number of nitrogens with zero attached hydrogens (tertiary/aromatic N) is 3. The van der Waals surface area contributed by atoms with Crippen molar-refractivity contribution in [2.45, 2.75) is 31.6 Å². The number of piperazine rings is 1. The first-order valence-electron chi connectivity index (χ1n) is 7.16. The van der Waals surface area contributed by atoms with Crippen LogP contribution in [0.2, 0.25) is 0 Å². The van der Waals surface area contributed by atoms with E-state index in [1.807, 2.05) is 12.1 Å². The molecule has 0 atom stereocenters. The summed E-state index contributed by atoms with van der Waals surface area (Å²) >= 11 is 3.35. The Morgan fingerprint density at radius 3 is 2.33 bits per heavy atom. The SMILES string of the molecule is CC(C)(C)N1CCN(c2ccc(CBr)cc2[N+](=O)[O-])CC1. The molecule has 1 fully saturated rings. The van der Waals surface area contributed by atoms with Gasteiger partial charge in [-0.1, -0.05) is 22.0 Å². The van der Waals surface area contributed by atoms with Crippen LogP contribution in [0.5, 0.6) is 0 Å². The summed E-state index contributed by atoms with van der Waals surface area (Å²) in [6.45, 7) is 10.1. The predicted octanol–water partition coefficient (Wildman–Crippen LogP) is 3.41. The van der Waals surface area contributed by atoms with Crippen LogP contribution >= 0.6 is 15.9 Å². The van der Waals surface area contributed by atoms with Gasteiger partial charge in [-0.3, -0.25) is 15.0 Å². The van der Waals surface area contributed by atoms with E-state index in [1.54, 1.807) is 6.07 Å². The van der Waals surface area contributed by atoms with E-state index >= 15 is 0 Å². The highest BCUT2D eigenvalue weighted by Gasteiger charge is 2.28. The molecule has 0 N–H and O–H groups in total. The first-order valence-corrected chi connectivity index (χ1v) is 8.28. The lowest BCUT2D eigenvalue weighted by Gasteiger charge is -2.42. The maximum absolute atomic E-state index is 11.3. The van der Waals surface area contributed by atoms with E-state index in [0.29, 0.717) is 5.33 Å². The van der Waals surface area contributed by atoms with Crippen LogP contribution in [0.25, 0.3) is 0 Å². The van der Waals surface area contributed by atoms with Crippen LogP contribution in [0.1, 0.15) is 26.3 Å². The zero-order valence-electron chi connectivity index (χ0n) is 12.8. The van der Waals surface area contributed by atoms with Crippen molar-refractivity contribution in [3.05, 3.63) is 33.9 Å². The molecular formula is C15H22BrN3O2. The number of nitro groups is 1. The summed E-state index contributed by atoms with van der Waals surface area (Å²) in [5, 5.41) is 11.9. The summed E-state index contributed by atoms with van der Waals surface area (Å²) in [6.07, 6.45) is 0. The highest BCUT2D eigenvalue weighted by molar-refractivity contribution is 9.08. The molecular weight excluding hydrogens is 334 g/mol. The number of anilines is 1. The molecule has 0 radical (unpaired) electrons. The Bertz CT molecular complexity index is 520. The van der Waals surface area contributed by atoms with Gasteiger partial charge in [0, 0.05) is 43.1 Å². The first-order chi connectivity index (χ1) is 9.82. The van der Waals surface area contributed by atoms with Crippen LogP contribution in [0, 0.1) is 10.1 Å². The second-order valence-corrected chi connectivity index (χ2v) is 6.92. The van der Waals surface area contributed by atoms with E-state index in [4.69, 9.17) is 0 Å². The van der Waals surface area contributed by atoms with Gasteiger partial charge < -0.3 is 4.90 Å². The Morgan fingerprint density at radius 1 is 1.24 bits per heavy atom. The van der Waals surface area contributed by atoms with Crippen LogP contribution in [0.4, 0.5) is 11.4 Å². The van der Waals surface area contributed by atoms with Crippen molar-refractivity contribution in [2.24, 2.45) is 0 Å². The average molecular weight is 356 g/mol. The van der Waals surface area contributed by atoms with Gasteiger partial charge in [0.05, 0.1) is 4.92 Å². The molecule has 0 amide bonds. The molecule has 1 aliphatic heterocycles. The van der Waals surface area contributed by atoms with Crippen molar-refractivity contribution in [3.63, 3.8) is 0 Å². The fourth-order valence-electron chi connectivity index (χ4n) is 2.68. The lowest BCUT2D eigenvalue weighted by molar-refractivity contribution is -0.384. The fraction of sp³-hybridized carbons (Fsp3) is 0.600. The first kappa shape index (κ1) is 16.2. The molecule has 1 saturated heterocycles. The standard InChI is InChI=1S/C15H22BrN3O2/c1-15(2,3)18-8-6-17(7-9-18)13-5-4-12(11-16)10-14(13)19(20)21/h4-5,10H,6-9,11H2,1-3H3. The second-order valence-electron chi connectivity index (χ2n) is 6.36. The smallest absolute Gasteiger partial charge is 0.292 e. The topological polar surface area (TPSA) is 49.6 Å². The quantitative estimate of drug-likeness (QED) is 0.473. The van der Waals surface area contributed by atoms with Crippen LogP contribution < -0.4 is 4.90 Å². The van der Waals surface area contributed by atoms with E-state index < -0.39 is 0 Å². The molecule has 0 bridgehead atoms. The Labute approximate surface area is 134 Å². The lowest BCUT2D eigenvalue weighted by atomic mass is 10.0. The van der Waals surface area contributed by atoms with E-state index in [0.717, 1.165) is 37.4 Å². The second kappa shape index (κ2) is 6.32. The highest BCUT2D eigenvalue weighted by atomic mass is 79.9. The number of hydrogen-bond donors (Lipinski definition) is 0. The Morgan fingerprint density at radius 2 is 1.86 bits per heavy atom. The van der Waals surface area contributed by atoms with E-state index in [2.05, 4.69) is 46.5 Å². The van der Waals surface area contributed by atoms with Crippen LogP contribution in [-0.2, 0) is 5.33 Å². The Kier molecular flexibility index (Phi) is 4.88. The zero-order valence-corrected chi connectivity index (χ0v) is 14.4. The van der Waals surface area contributed by atoms with E-state index in [-0.39, 0.29) is 16.1 Å². The molecule has 2 rings (SSSR count). The van der Waals surface area contributed by atoms with Gasteiger partial charge in [0.2, 0.25) is 0 Å². The molecule has 6 heteroatoms. The van der Waals surface area contributed by atoms with Gasteiger partial charge in [-0.15, -0.1) is 0 Å². The summed E-state index contributed by atoms with van der Waals surface area (Å²) in [7, 11) is 0. The third kappa shape index (κ3) is 3.74. The molecule has 0 saturated carbocycles. The van der Waals surface area contributed by atoms with Crippen molar-refractivity contribution in [1.82, 2.24) is 4.90 Å². The molecule has 21 heavy (non-hydrogen) atoms. The van der Waals surface area contributed by atoms with Gasteiger partial charge in [-0.25, -0.2) is 0 Å². The third-order valence-corrected chi connectivity index (χ3v) is 4.61. The van der Waals surface area contributed by atoms with Crippen LogP contribution in [-0.4, -0.2) is 41.5 Å². The van der Waals surface area contributed by atoms with Gasteiger partial charge in [0.25, 0.3) is 5.69 Å². The number of rotatable bonds is 3. The number of halogens is 1. The predicted molar refractivity (Wildman–Crippen MR) is 89.3 cm³/mol. The van der Waals surface area contributed by atoms with Crippen molar-refractivity contribution in [3.8, 4) is 0 Å². The minimum atomic E-state index is -0.280. The molecule has 5 nitrogen and oxygen atoms in total. The van der Waals surface area contributed by atoms with Crippen molar-refractivity contribution in [2.75, 3.05) is 31.1 Å². The summed E-state index contributed by atoms with van der Waals surface area (Å²) < 4.78 is 0.